The Morgan fingerprint density at radius 3 is 2.42 bits per heavy atom. The predicted molar refractivity (Wildman–Crippen MR) is 120 cm³/mol. The van der Waals surface area contributed by atoms with Crippen molar-refractivity contribution in [3.05, 3.63) is 60.2 Å². The highest BCUT2D eigenvalue weighted by atomic mass is 16.5. The SMILES string of the molecule is CCCCOC(=O)c1ccc(NC(=O)C2CCCN(C(=O)Nc3ccccc3)C2)cc1. The van der Waals surface area contributed by atoms with Crippen molar-refractivity contribution in [1.29, 1.82) is 0 Å². The van der Waals surface area contributed by atoms with Crippen molar-refractivity contribution in [2.75, 3.05) is 30.3 Å². The molecule has 0 bridgehead atoms. The normalized spacial score (nSPS) is 15.8. The number of unbranched alkanes of at least 4 members (excludes halogenated alkanes) is 1. The molecule has 0 aromatic heterocycles. The lowest BCUT2D eigenvalue weighted by Crippen LogP contribution is -2.45. The third kappa shape index (κ3) is 6.57. The second-order valence-corrected chi connectivity index (χ2v) is 7.64. The van der Waals surface area contributed by atoms with Crippen LogP contribution in [-0.4, -0.2) is 42.5 Å². The lowest BCUT2D eigenvalue weighted by molar-refractivity contribution is -0.121. The molecule has 1 atom stereocenters. The van der Waals surface area contributed by atoms with E-state index in [4.69, 9.17) is 4.74 Å². The number of urea groups is 1. The van der Waals surface area contributed by atoms with E-state index in [1.165, 1.54) is 0 Å². The highest BCUT2D eigenvalue weighted by Gasteiger charge is 2.28. The molecule has 1 fully saturated rings. The van der Waals surface area contributed by atoms with Crippen LogP contribution in [0.1, 0.15) is 43.0 Å². The van der Waals surface area contributed by atoms with Gasteiger partial charge in [-0.25, -0.2) is 9.59 Å². The van der Waals surface area contributed by atoms with Gasteiger partial charge in [0.25, 0.3) is 0 Å². The first kappa shape index (κ1) is 22.3. The summed E-state index contributed by atoms with van der Waals surface area (Å²) in [6.07, 6.45) is 3.29. The second-order valence-electron chi connectivity index (χ2n) is 7.64. The highest BCUT2D eigenvalue weighted by Crippen LogP contribution is 2.20. The topological polar surface area (TPSA) is 87.7 Å². The largest absolute Gasteiger partial charge is 0.462 e. The quantitative estimate of drug-likeness (QED) is 0.506. The van der Waals surface area contributed by atoms with E-state index in [2.05, 4.69) is 10.6 Å². The molecule has 1 unspecified atom stereocenters. The standard InChI is InChI=1S/C24H29N3O4/c1-2-3-16-31-23(29)18-11-13-21(14-12-18)25-22(28)19-8-7-15-27(17-19)24(30)26-20-9-5-4-6-10-20/h4-6,9-14,19H,2-3,7-8,15-17H2,1H3,(H,25,28)(H,26,30). The van der Waals surface area contributed by atoms with Crippen molar-refractivity contribution in [2.24, 2.45) is 5.92 Å². The third-order valence-electron chi connectivity index (χ3n) is 5.22. The van der Waals surface area contributed by atoms with Crippen LogP contribution in [0.4, 0.5) is 16.2 Å². The van der Waals surface area contributed by atoms with Gasteiger partial charge in [0, 0.05) is 24.5 Å². The van der Waals surface area contributed by atoms with E-state index >= 15 is 0 Å². The van der Waals surface area contributed by atoms with Crippen molar-refractivity contribution >= 4 is 29.3 Å². The molecule has 2 N–H and O–H groups in total. The number of hydrogen-bond donors (Lipinski definition) is 2. The number of para-hydroxylation sites is 1. The molecule has 0 spiro atoms. The number of likely N-dealkylation sites (tertiary alicyclic amines) is 1. The second kappa shape index (κ2) is 11.2. The van der Waals surface area contributed by atoms with E-state index in [-0.39, 0.29) is 23.8 Å². The van der Waals surface area contributed by atoms with E-state index in [0.29, 0.717) is 30.9 Å². The molecular weight excluding hydrogens is 394 g/mol. The average Bonchev–Trinajstić information content (AvgIpc) is 2.80. The number of esters is 1. The zero-order valence-corrected chi connectivity index (χ0v) is 17.8. The Kier molecular flexibility index (Phi) is 8.04. The number of nitrogens with zero attached hydrogens (tertiary/aromatic N) is 1. The number of carbonyl (C=O) groups excluding carboxylic acids is 3. The minimum Gasteiger partial charge on any atom is -0.462 e. The number of amides is 3. The maximum Gasteiger partial charge on any atom is 0.338 e. The third-order valence-corrected chi connectivity index (χ3v) is 5.22. The van der Waals surface area contributed by atoms with Crippen LogP contribution in [-0.2, 0) is 9.53 Å². The molecule has 0 saturated carbocycles. The van der Waals surface area contributed by atoms with Crippen molar-refractivity contribution in [3.8, 4) is 0 Å². The molecule has 1 aliphatic rings. The molecule has 0 radical (unpaired) electrons. The molecule has 1 aliphatic heterocycles. The number of rotatable bonds is 7. The number of piperidine rings is 1. The number of carbonyl (C=O) groups is 3. The molecular formula is C24H29N3O4. The van der Waals surface area contributed by atoms with Gasteiger partial charge in [-0.1, -0.05) is 31.5 Å². The Balaban J connectivity index is 1.51. The summed E-state index contributed by atoms with van der Waals surface area (Å²) in [5.74, 6) is -0.775. The Morgan fingerprint density at radius 2 is 1.71 bits per heavy atom. The van der Waals surface area contributed by atoms with E-state index in [1.807, 2.05) is 37.3 Å². The number of nitrogens with one attached hydrogen (secondary N) is 2. The molecule has 1 heterocycles. The summed E-state index contributed by atoms with van der Waals surface area (Å²) in [5, 5.41) is 5.76. The zero-order chi connectivity index (χ0) is 22.1. The summed E-state index contributed by atoms with van der Waals surface area (Å²) in [5.41, 5.74) is 1.80. The van der Waals surface area contributed by atoms with E-state index in [0.717, 1.165) is 31.4 Å². The Morgan fingerprint density at radius 1 is 1.00 bits per heavy atom. The maximum absolute atomic E-state index is 12.7. The van der Waals surface area contributed by atoms with Gasteiger partial charge in [0.2, 0.25) is 5.91 Å². The van der Waals surface area contributed by atoms with E-state index in [1.54, 1.807) is 29.2 Å². The summed E-state index contributed by atoms with van der Waals surface area (Å²) in [6, 6.07) is 15.7. The number of hydrogen-bond acceptors (Lipinski definition) is 4. The number of benzene rings is 2. The van der Waals surface area contributed by atoms with Crippen LogP contribution in [0, 0.1) is 5.92 Å². The van der Waals surface area contributed by atoms with Crippen molar-refractivity contribution in [1.82, 2.24) is 4.90 Å². The molecule has 7 nitrogen and oxygen atoms in total. The molecule has 2 aromatic rings. The molecule has 2 aromatic carbocycles. The number of anilines is 2. The zero-order valence-electron chi connectivity index (χ0n) is 17.8. The highest BCUT2D eigenvalue weighted by molar-refractivity contribution is 5.95. The Hall–Kier alpha value is -3.35. The number of ether oxygens (including phenoxy) is 1. The molecule has 3 rings (SSSR count). The first-order chi connectivity index (χ1) is 15.1. The first-order valence-corrected chi connectivity index (χ1v) is 10.8. The van der Waals surface area contributed by atoms with Crippen LogP contribution >= 0.6 is 0 Å². The van der Waals surface area contributed by atoms with Crippen LogP contribution < -0.4 is 10.6 Å². The summed E-state index contributed by atoms with van der Waals surface area (Å²) in [7, 11) is 0. The van der Waals surface area contributed by atoms with Crippen molar-refractivity contribution in [3.63, 3.8) is 0 Å². The van der Waals surface area contributed by atoms with Gasteiger partial charge in [-0.05, 0) is 55.7 Å². The van der Waals surface area contributed by atoms with Crippen LogP contribution in [0.2, 0.25) is 0 Å². The van der Waals surface area contributed by atoms with Crippen LogP contribution in [0.3, 0.4) is 0 Å². The fourth-order valence-corrected chi connectivity index (χ4v) is 3.43. The first-order valence-electron chi connectivity index (χ1n) is 10.8. The fraction of sp³-hybridized carbons (Fsp3) is 0.375. The lowest BCUT2D eigenvalue weighted by atomic mass is 9.97. The molecule has 1 saturated heterocycles. The van der Waals surface area contributed by atoms with Crippen LogP contribution in [0.25, 0.3) is 0 Å². The summed E-state index contributed by atoms with van der Waals surface area (Å²) in [4.78, 5) is 38.9. The van der Waals surface area contributed by atoms with Gasteiger partial charge in [0.1, 0.15) is 0 Å². The van der Waals surface area contributed by atoms with Gasteiger partial charge in [0.05, 0.1) is 18.1 Å². The lowest BCUT2D eigenvalue weighted by Gasteiger charge is -2.32. The minimum atomic E-state index is -0.362. The molecule has 31 heavy (non-hydrogen) atoms. The molecule has 0 aliphatic carbocycles. The van der Waals surface area contributed by atoms with Crippen LogP contribution in [0.5, 0.6) is 0 Å². The van der Waals surface area contributed by atoms with Crippen LogP contribution in [0.15, 0.2) is 54.6 Å². The van der Waals surface area contributed by atoms with Gasteiger partial charge in [-0.2, -0.15) is 0 Å². The van der Waals surface area contributed by atoms with Gasteiger partial charge in [-0.3, -0.25) is 4.79 Å². The van der Waals surface area contributed by atoms with Gasteiger partial charge in [0.15, 0.2) is 0 Å². The monoisotopic (exact) mass is 423 g/mol. The van der Waals surface area contributed by atoms with Gasteiger partial charge >= 0.3 is 12.0 Å². The van der Waals surface area contributed by atoms with E-state index in [9.17, 15) is 14.4 Å². The minimum absolute atomic E-state index is 0.129. The van der Waals surface area contributed by atoms with E-state index < -0.39 is 0 Å². The average molecular weight is 424 g/mol. The predicted octanol–water partition coefficient (Wildman–Crippen LogP) is 4.53. The van der Waals surface area contributed by atoms with Crippen molar-refractivity contribution < 1.29 is 19.1 Å². The van der Waals surface area contributed by atoms with Crippen molar-refractivity contribution in [2.45, 2.75) is 32.6 Å². The van der Waals surface area contributed by atoms with Gasteiger partial charge in [-0.15, -0.1) is 0 Å². The van der Waals surface area contributed by atoms with Gasteiger partial charge < -0.3 is 20.3 Å². The Labute approximate surface area is 182 Å². The molecule has 7 heteroatoms. The smallest absolute Gasteiger partial charge is 0.338 e. The Bertz CT molecular complexity index is 883. The summed E-state index contributed by atoms with van der Waals surface area (Å²) < 4.78 is 5.19. The molecule has 3 amide bonds. The summed E-state index contributed by atoms with van der Waals surface area (Å²) in [6.45, 7) is 3.43. The fourth-order valence-electron chi connectivity index (χ4n) is 3.43. The summed E-state index contributed by atoms with van der Waals surface area (Å²) >= 11 is 0. The maximum atomic E-state index is 12.7. The molecule has 164 valence electrons.